The number of amides is 1. The highest BCUT2D eigenvalue weighted by molar-refractivity contribution is 6.04. The van der Waals surface area contributed by atoms with Crippen molar-refractivity contribution < 1.29 is 9.59 Å². The molecule has 0 atom stereocenters. The van der Waals surface area contributed by atoms with Crippen LogP contribution in [0.1, 0.15) is 58.8 Å². The molecule has 0 saturated heterocycles. The van der Waals surface area contributed by atoms with Crippen molar-refractivity contribution >= 4 is 17.4 Å². The molecule has 0 spiro atoms. The van der Waals surface area contributed by atoms with Crippen LogP contribution in [-0.4, -0.2) is 26.7 Å². The minimum atomic E-state index is -0.326. The Hall–Kier alpha value is -3.28. The van der Waals surface area contributed by atoms with E-state index in [2.05, 4.69) is 15.6 Å². The van der Waals surface area contributed by atoms with Crippen LogP contribution in [0.2, 0.25) is 0 Å². The van der Waals surface area contributed by atoms with Gasteiger partial charge in [0.15, 0.2) is 11.5 Å². The summed E-state index contributed by atoms with van der Waals surface area (Å²) >= 11 is 0. The molecule has 1 aromatic heterocycles. The summed E-state index contributed by atoms with van der Waals surface area (Å²) in [5, 5.41) is 11.2. The van der Waals surface area contributed by atoms with Crippen LogP contribution in [0.15, 0.2) is 48.5 Å². The van der Waals surface area contributed by atoms with E-state index in [0.29, 0.717) is 16.9 Å². The zero-order valence-electron chi connectivity index (χ0n) is 15.9. The number of ketones is 1. The third-order valence-corrected chi connectivity index (χ3v) is 4.26. The molecule has 6 heteroatoms. The van der Waals surface area contributed by atoms with E-state index in [-0.39, 0.29) is 17.6 Å². The molecule has 0 saturated carbocycles. The Morgan fingerprint density at radius 2 is 1.78 bits per heavy atom. The highest BCUT2D eigenvalue weighted by atomic mass is 16.2. The Balaban J connectivity index is 1.92. The lowest BCUT2D eigenvalue weighted by atomic mass is 10.1. The molecule has 0 unspecified atom stereocenters. The van der Waals surface area contributed by atoms with E-state index in [4.69, 9.17) is 0 Å². The van der Waals surface area contributed by atoms with Crippen molar-refractivity contribution in [2.45, 2.75) is 33.6 Å². The van der Waals surface area contributed by atoms with Crippen molar-refractivity contribution in [3.05, 3.63) is 71.0 Å². The van der Waals surface area contributed by atoms with Gasteiger partial charge in [-0.15, -0.1) is 5.10 Å². The van der Waals surface area contributed by atoms with Crippen LogP contribution in [-0.2, 0) is 0 Å². The first-order valence-electron chi connectivity index (χ1n) is 8.82. The van der Waals surface area contributed by atoms with E-state index < -0.39 is 0 Å². The van der Waals surface area contributed by atoms with Crippen LogP contribution in [0, 0.1) is 6.92 Å². The second kappa shape index (κ2) is 7.53. The van der Waals surface area contributed by atoms with Gasteiger partial charge < -0.3 is 5.32 Å². The van der Waals surface area contributed by atoms with Crippen molar-refractivity contribution in [3.63, 3.8) is 0 Å². The summed E-state index contributed by atoms with van der Waals surface area (Å²) in [6, 6.07) is 14.7. The quantitative estimate of drug-likeness (QED) is 0.692. The van der Waals surface area contributed by atoms with Gasteiger partial charge >= 0.3 is 0 Å². The Labute approximate surface area is 158 Å². The van der Waals surface area contributed by atoms with Crippen LogP contribution in [0.3, 0.4) is 0 Å². The first kappa shape index (κ1) is 18.5. The lowest BCUT2D eigenvalue weighted by molar-refractivity contribution is 0.101. The summed E-state index contributed by atoms with van der Waals surface area (Å²) in [5.74, 6) is -0.286. The Morgan fingerprint density at radius 1 is 1.07 bits per heavy atom. The monoisotopic (exact) mass is 362 g/mol. The number of hydrogen-bond donors (Lipinski definition) is 1. The lowest BCUT2D eigenvalue weighted by Gasteiger charge is -2.12. The summed E-state index contributed by atoms with van der Waals surface area (Å²) in [5.41, 5.74) is 4.22. The van der Waals surface area contributed by atoms with Gasteiger partial charge in [0.2, 0.25) is 0 Å². The summed E-state index contributed by atoms with van der Waals surface area (Å²) in [6.45, 7) is 7.52. The first-order valence-corrected chi connectivity index (χ1v) is 8.82. The molecule has 0 aliphatic carbocycles. The predicted molar refractivity (Wildman–Crippen MR) is 105 cm³/mol. The minimum Gasteiger partial charge on any atom is -0.321 e. The summed E-state index contributed by atoms with van der Waals surface area (Å²) < 4.78 is 1.71. The number of carbonyl (C=O) groups is 2. The maximum absolute atomic E-state index is 12.8. The molecule has 1 heterocycles. The van der Waals surface area contributed by atoms with E-state index in [1.165, 1.54) is 6.92 Å². The Bertz CT molecular complexity index is 988. The van der Waals surface area contributed by atoms with Gasteiger partial charge in [-0.3, -0.25) is 9.59 Å². The van der Waals surface area contributed by atoms with E-state index >= 15 is 0 Å². The van der Waals surface area contributed by atoms with E-state index in [1.807, 2.05) is 45.0 Å². The zero-order chi connectivity index (χ0) is 19.6. The average Bonchev–Trinajstić information content (AvgIpc) is 3.07. The van der Waals surface area contributed by atoms with Crippen molar-refractivity contribution in [2.24, 2.45) is 0 Å². The molecule has 1 amide bonds. The van der Waals surface area contributed by atoms with Gasteiger partial charge in [0, 0.05) is 11.3 Å². The second-order valence-electron chi connectivity index (χ2n) is 6.82. The molecule has 0 radical (unpaired) electrons. The summed E-state index contributed by atoms with van der Waals surface area (Å²) in [7, 11) is 0. The van der Waals surface area contributed by atoms with Crippen LogP contribution in [0.4, 0.5) is 5.69 Å². The third-order valence-electron chi connectivity index (χ3n) is 4.26. The maximum atomic E-state index is 12.8. The number of rotatable bonds is 5. The highest BCUT2D eigenvalue weighted by Gasteiger charge is 2.23. The molecule has 3 rings (SSSR count). The van der Waals surface area contributed by atoms with Crippen molar-refractivity contribution in [1.29, 1.82) is 0 Å². The van der Waals surface area contributed by atoms with Crippen LogP contribution < -0.4 is 5.32 Å². The maximum Gasteiger partial charge on any atom is 0.278 e. The fraction of sp³-hybridized carbons (Fsp3) is 0.238. The number of nitrogens with one attached hydrogen (secondary N) is 1. The molecule has 0 aliphatic heterocycles. The first-order chi connectivity index (χ1) is 12.9. The number of carbonyl (C=O) groups excluding carboxylic acids is 2. The predicted octanol–water partition coefficient (Wildman–Crippen LogP) is 4.15. The standard InChI is InChI=1S/C21H22N4O2/c1-13(2)20-19(23-24-25(20)18-7-5-6-14(3)12-18)21(27)22-17-10-8-16(9-11-17)15(4)26/h5-13H,1-4H3,(H,22,27). The van der Waals surface area contributed by atoms with Crippen LogP contribution in [0.5, 0.6) is 0 Å². The number of benzene rings is 2. The fourth-order valence-corrected chi connectivity index (χ4v) is 2.90. The Kier molecular flexibility index (Phi) is 5.16. The SMILES string of the molecule is CC(=O)c1ccc(NC(=O)c2nnn(-c3cccc(C)c3)c2C(C)C)cc1. The largest absolute Gasteiger partial charge is 0.321 e. The molecule has 138 valence electrons. The summed E-state index contributed by atoms with van der Waals surface area (Å²) in [6.07, 6.45) is 0. The van der Waals surface area contributed by atoms with Crippen molar-refractivity contribution in [2.75, 3.05) is 5.32 Å². The zero-order valence-corrected chi connectivity index (χ0v) is 15.9. The normalized spacial score (nSPS) is 10.9. The van der Waals surface area contributed by atoms with Gasteiger partial charge in [-0.2, -0.15) is 0 Å². The van der Waals surface area contributed by atoms with Gasteiger partial charge in [-0.25, -0.2) is 4.68 Å². The van der Waals surface area contributed by atoms with E-state index in [0.717, 1.165) is 16.9 Å². The highest BCUT2D eigenvalue weighted by Crippen LogP contribution is 2.23. The molecule has 2 aromatic carbocycles. The van der Waals surface area contributed by atoms with Gasteiger partial charge in [-0.05, 0) is 61.7 Å². The molecule has 27 heavy (non-hydrogen) atoms. The smallest absolute Gasteiger partial charge is 0.278 e. The number of hydrogen-bond acceptors (Lipinski definition) is 4. The number of anilines is 1. The topological polar surface area (TPSA) is 76.9 Å². The number of nitrogens with zero attached hydrogens (tertiary/aromatic N) is 3. The van der Waals surface area contributed by atoms with Crippen LogP contribution in [0.25, 0.3) is 5.69 Å². The number of aryl methyl sites for hydroxylation is 1. The van der Waals surface area contributed by atoms with Crippen molar-refractivity contribution in [1.82, 2.24) is 15.0 Å². The average molecular weight is 362 g/mol. The van der Waals surface area contributed by atoms with Crippen molar-refractivity contribution in [3.8, 4) is 5.69 Å². The molecule has 0 fully saturated rings. The third kappa shape index (κ3) is 3.95. The molecule has 0 aliphatic rings. The molecule has 3 aromatic rings. The minimum absolute atomic E-state index is 0.0175. The molecule has 0 bridgehead atoms. The molecular formula is C21H22N4O2. The van der Waals surface area contributed by atoms with E-state index in [9.17, 15) is 9.59 Å². The number of Topliss-reactive ketones (excluding diaryl/α,β-unsaturated/α-hetero) is 1. The molecular weight excluding hydrogens is 340 g/mol. The second-order valence-corrected chi connectivity index (χ2v) is 6.82. The fourth-order valence-electron chi connectivity index (χ4n) is 2.90. The van der Waals surface area contributed by atoms with Crippen LogP contribution >= 0.6 is 0 Å². The number of aromatic nitrogens is 3. The molecule has 1 N–H and O–H groups in total. The van der Waals surface area contributed by atoms with Gasteiger partial charge in [0.05, 0.1) is 11.4 Å². The summed E-state index contributed by atoms with van der Waals surface area (Å²) in [4.78, 5) is 24.1. The van der Waals surface area contributed by atoms with Gasteiger partial charge in [-0.1, -0.05) is 31.2 Å². The van der Waals surface area contributed by atoms with Gasteiger partial charge in [0.1, 0.15) is 0 Å². The molecule has 6 nitrogen and oxygen atoms in total. The van der Waals surface area contributed by atoms with E-state index in [1.54, 1.807) is 28.9 Å². The lowest BCUT2D eigenvalue weighted by Crippen LogP contribution is -2.16. The Morgan fingerprint density at radius 3 is 2.37 bits per heavy atom. The van der Waals surface area contributed by atoms with Gasteiger partial charge in [0.25, 0.3) is 5.91 Å².